The molecule has 7 heteroatoms. The van der Waals surface area contributed by atoms with Crippen LogP contribution in [-0.4, -0.2) is 60.4 Å². The predicted molar refractivity (Wildman–Crippen MR) is 101 cm³/mol. The molecule has 1 aromatic carbocycles. The summed E-state index contributed by atoms with van der Waals surface area (Å²) in [5.41, 5.74) is 0.608. The Morgan fingerprint density at radius 2 is 1.80 bits per heavy atom. The second kappa shape index (κ2) is 9.41. The van der Waals surface area contributed by atoms with Gasteiger partial charge in [-0.2, -0.15) is 0 Å². The molecule has 3 rings (SSSR count). The van der Waals surface area contributed by atoms with Crippen LogP contribution in [0.2, 0.25) is 5.02 Å². The number of rotatable bonds is 2. The molecular formula is C18H25Cl2N3O2. The van der Waals surface area contributed by atoms with E-state index in [0.29, 0.717) is 30.2 Å². The molecule has 1 aromatic rings. The van der Waals surface area contributed by atoms with Gasteiger partial charge in [-0.25, -0.2) is 0 Å². The second-order valence-electron chi connectivity index (χ2n) is 6.48. The Labute approximate surface area is 160 Å². The van der Waals surface area contributed by atoms with Crippen molar-refractivity contribution in [2.24, 2.45) is 0 Å². The number of hydrogen-bond donors (Lipinski definition) is 1. The largest absolute Gasteiger partial charge is 0.340 e. The second-order valence-corrected chi connectivity index (χ2v) is 6.92. The summed E-state index contributed by atoms with van der Waals surface area (Å²) in [7, 11) is 0. The minimum atomic E-state index is -0.0473. The number of nitrogens with zero attached hydrogens (tertiary/aromatic N) is 2. The molecule has 0 aromatic heterocycles. The number of halogens is 2. The Morgan fingerprint density at radius 1 is 1.04 bits per heavy atom. The zero-order valence-electron chi connectivity index (χ0n) is 14.2. The van der Waals surface area contributed by atoms with Gasteiger partial charge in [0.15, 0.2) is 0 Å². The van der Waals surface area contributed by atoms with Gasteiger partial charge in [0.25, 0.3) is 5.91 Å². The molecule has 2 aliphatic rings. The van der Waals surface area contributed by atoms with Crippen LogP contribution >= 0.6 is 24.0 Å². The highest BCUT2D eigenvalue weighted by molar-refractivity contribution is 6.30. The first-order valence-electron chi connectivity index (χ1n) is 8.72. The Bertz CT molecular complexity index is 606. The van der Waals surface area contributed by atoms with Crippen LogP contribution in [0.4, 0.5) is 0 Å². The summed E-state index contributed by atoms with van der Waals surface area (Å²) in [6.45, 7) is 3.49. The number of benzene rings is 1. The van der Waals surface area contributed by atoms with Crippen molar-refractivity contribution in [3.05, 3.63) is 34.9 Å². The lowest BCUT2D eigenvalue weighted by molar-refractivity contribution is -0.133. The number of nitrogens with one attached hydrogen (secondary N) is 1. The molecule has 2 heterocycles. The van der Waals surface area contributed by atoms with E-state index in [2.05, 4.69) is 5.32 Å². The molecule has 1 N–H and O–H groups in total. The van der Waals surface area contributed by atoms with Crippen molar-refractivity contribution in [2.45, 2.75) is 31.7 Å². The van der Waals surface area contributed by atoms with Crippen molar-refractivity contribution < 1.29 is 9.59 Å². The topological polar surface area (TPSA) is 52.7 Å². The van der Waals surface area contributed by atoms with Crippen LogP contribution in [0.1, 0.15) is 36.0 Å². The van der Waals surface area contributed by atoms with Gasteiger partial charge in [0.2, 0.25) is 5.91 Å². The molecule has 2 amide bonds. The lowest BCUT2D eigenvalue weighted by Gasteiger charge is -2.29. The summed E-state index contributed by atoms with van der Waals surface area (Å²) in [6, 6.07) is 6.99. The lowest BCUT2D eigenvalue weighted by Crippen LogP contribution is -2.49. The maximum Gasteiger partial charge on any atom is 0.253 e. The van der Waals surface area contributed by atoms with Crippen LogP contribution in [0.15, 0.2) is 24.3 Å². The van der Waals surface area contributed by atoms with Gasteiger partial charge in [0.05, 0.1) is 6.04 Å². The first kappa shape index (κ1) is 20.0. The summed E-state index contributed by atoms with van der Waals surface area (Å²) in [4.78, 5) is 29.0. The van der Waals surface area contributed by atoms with Crippen molar-refractivity contribution in [1.29, 1.82) is 0 Å². The molecule has 0 radical (unpaired) electrons. The third-order valence-corrected chi connectivity index (χ3v) is 5.01. The highest BCUT2D eigenvalue weighted by Gasteiger charge is 2.28. The van der Waals surface area contributed by atoms with E-state index in [1.807, 2.05) is 9.80 Å². The number of carbonyl (C=O) groups excluding carboxylic acids is 2. The van der Waals surface area contributed by atoms with Gasteiger partial charge >= 0.3 is 0 Å². The molecule has 138 valence electrons. The third kappa shape index (κ3) is 5.09. The Hall–Kier alpha value is -1.30. The van der Waals surface area contributed by atoms with Crippen LogP contribution < -0.4 is 5.32 Å². The highest BCUT2D eigenvalue weighted by atomic mass is 35.5. The smallest absolute Gasteiger partial charge is 0.253 e. The average Bonchev–Trinajstić information content (AvgIpc) is 2.87. The first-order valence-corrected chi connectivity index (χ1v) is 9.10. The van der Waals surface area contributed by atoms with Gasteiger partial charge in [-0.3, -0.25) is 9.59 Å². The van der Waals surface area contributed by atoms with Crippen molar-refractivity contribution in [3.63, 3.8) is 0 Å². The predicted octanol–water partition coefficient (Wildman–Crippen LogP) is 2.58. The van der Waals surface area contributed by atoms with E-state index in [9.17, 15) is 9.59 Å². The third-order valence-electron chi connectivity index (χ3n) is 4.77. The van der Waals surface area contributed by atoms with Crippen molar-refractivity contribution >= 4 is 35.8 Å². The van der Waals surface area contributed by atoms with Crippen molar-refractivity contribution in [1.82, 2.24) is 15.1 Å². The average molecular weight is 386 g/mol. The zero-order valence-corrected chi connectivity index (χ0v) is 15.8. The summed E-state index contributed by atoms with van der Waals surface area (Å²) >= 11 is 5.98. The molecule has 0 bridgehead atoms. The fourth-order valence-corrected chi connectivity index (χ4v) is 3.62. The Balaban J connectivity index is 0.00000225. The van der Waals surface area contributed by atoms with Gasteiger partial charge in [0.1, 0.15) is 0 Å². The number of hydrogen-bond acceptors (Lipinski definition) is 3. The number of piperidine rings is 1. The molecule has 2 aliphatic heterocycles. The lowest BCUT2D eigenvalue weighted by atomic mass is 10.0. The van der Waals surface area contributed by atoms with Gasteiger partial charge in [-0.1, -0.05) is 24.1 Å². The highest BCUT2D eigenvalue weighted by Crippen LogP contribution is 2.16. The Kier molecular flexibility index (Phi) is 7.54. The minimum Gasteiger partial charge on any atom is -0.340 e. The fraction of sp³-hybridized carbons (Fsp3) is 0.556. The number of carbonyl (C=O) groups is 2. The molecule has 2 fully saturated rings. The van der Waals surface area contributed by atoms with E-state index < -0.39 is 0 Å². The van der Waals surface area contributed by atoms with Gasteiger partial charge in [-0.05, 0) is 44.0 Å². The minimum absolute atomic E-state index is 0. The van der Waals surface area contributed by atoms with Gasteiger partial charge in [-0.15, -0.1) is 12.4 Å². The molecule has 5 nitrogen and oxygen atoms in total. The molecule has 0 unspecified atom stereocenters. The van der Waals surface area contributed by atoms with E-state index in [0.717, 1.165) is 38.8 Å². The number of amides is 2. The van der Waals surface area contributed by atoms with Crippen LogP contribution in [-0.2, 0) is 4.79 Å². The quantitative estimate of drug-likeness (QED) is 0.850. The molecule has 0 aliphatic carbocycles. The maximum atomic E-state index is 12.6. The van der Waals surface area contributed by atoms with Crippen LogP contribution in [0.3, 0.4) is 0 Å². The normalized spacial score (nSPS) is 21.2. The zero-order chi connectivity index (χ0) is 16.9. The van der Waals surface area contributed by atoms with Gasteiger partial charge < -0.3 is 15.1 Å². The summed E-state index contributed by atoms with van der Waals surface area (Å²) < 4.78 is 0. The summed E-state index contributed by atoms with van der Waals surface area (Å²) in [5, 5.41) is 3.88. The fourth-order valence-electron chi connectivity index (χ4n) is 3.43. The van der Waals surface area contributed by atoms with Crippen molar-refractivity contribution in [3.8, 4) is 0 Å². The maximum absolute atomic E-state index is 12.6. The van der Waals surface area contributed by atoms with E-state index in [-0.39, 0.29) is 30.3 Å². The van der Waals surface area contributed by atoms with E-state index in [1.165, 1.54) is 0 Å². The Morgan fingerprint density at radius 3 is 2.52 bits per heavy atom. The molecule has 0 spiro atoms. The van der Waals surface area contributed by atoms with E-state index >= 15 is 0 Å². The molecule has 2 saturated heterocycles. The van der Waals surface area contributed by atoms with E-state index in [4.69, 9.17) is 11.6 Å². The molecule has 25 heavy (non-hydrogen) atoms. The monoisotopic (exact) mass is 385 g/mol. The van der Waals surface area contributed by atoms with Crippen LogP contribution in [0.25, 0.3) is 0 Å². The van der Waals surface area contributed by atoms with Crippen molar-refractivity contribution in [2.75, 3.05) is 32.7 Å². The first-order chi connectivity index (χ1) is 11.6. The van der Waals surface area contributed by atoms with E-state index in [1.54, 1.807) is 24.3 Å². The SMILES string of the molecule is Cl.O=C(c1cccc(Cl)c1)N1CCCN(C(=O)[C@@H]2CCCCN2)CC1. The standard InChI is InChI=1S/C18H24ClN3O2.ClH/c19-15-6-3-5-14(13-15)17(23)21-9-4-10-22(12-11-21)18(24)16-7-1-2-8-20-16;/h3,5-6,13,16,20H,1-2,4,7-12H2;1H/t16-;/m0./s1. The van der Waals surface area contributed by atoms with Crippen LogP contribution in [0, 0.1) is 0 Å². The summed E-state index contributed by atoms with van der Waals surface area (Å²) in [6.07, 6.45) is 3.98. The summed E-state index contributed by atoms with van der Waals surface area (Å²) in [5.74, 6) is 0.175. The van der Waals surface area contributed by atoms with Gasteiger partial charge in [0, 0.05) is 36.8 Å². The molecular weight excluding hydrogens is 361 g/mol. The molecule has 0 saturated carbocycles. The van der Waals surface area contributed by atoms with Crippen LogP contribution in [0.5, 0.6) is 0 Å². The molecule has 1 atom stereocenters.